The summed E-state index contributed by atoms with van der Waals surface area (Å²) in [4.78, 5) is 36.1. The molecule has 3 amide bonds. The Morgan fingerprint density at radius 2 is 1.90 bits per heavy atom. The van der Waals surface area contributed by atoms with Gasteiger partial charge < -0.3 is 10.0 Å². The van der Waals surface area contributed by atoms with E-state index in [4.69, 9.17) is 10.4 Å². The monoisotopic (exact) mass is 297 g/mol. The molecule has 7 nitrogen and oxygen atoms in total. The molecule has 0 heterocycles. The molecule has 0 rings (SSSR count). The average Bonchev–Trinajstić information content (AvgIpc) is 2.32. The van der Waals surface area contributed by atoms with Gasteiger partial charge in [-0.15, -0.1) is 0 Å². The lowest BCUT2D eigenvalue weighted by Gasteiger charge is -2.24. The number of nitrogens with zero attached hydrogens (tertiary/aromatic N) is 2. The van der Waals surface area contributed by atoms with Crippen molar-refractivity contribution in [2.75, 3.05) is 13.1 Å². The van der Waals surface area contributed by atoms with E-state index in [1.807, 2.05) is 19.9 Å². The first kappa shape index (κ1) is 18.9. The molecular weight excluding hydrogens is 274 g/mol. The normalized spacial score (nSPS) is 10.9. The number of hydrogen-bond donors (Lipinski definition) is 2. The van der Waals surface area contributed by atoms with Crippen LogP contribution < -0.4 is 5.32 Å². The summed E-state index contributed by atoms with van der Waals surface area (Å²) in [5.41, 5.74) is -1.24. The Morgan fingerprint density at radius 3 is 2.33 bits per heavy atom. The van der Waals surface area contributed by atoms with Crippen LogP contribution in [0.15, 0.2) is 0 Å². The maximum atomic E-state index is 12.0. The van der Waals surface area contributed by atoms with Crippen LogP contribution in [0.1, 0.15) is 40.5 Å². The minimum atomic E-state index is -1.24. The lowest BCUT2D eigenvalue weighted by molar-refractivity contribution is -0.149. The molecule has 0 aliphatic carbocycles. The molecule has 0 aromatic heterocycles. The average molecular weight is 297 g/mol. The predicted octanol–water partition coefficient (Wildman–Crippen LogP) is 1.60. The number of carbonyl (C=O) groups excluding carboxylic acids is 2. The van der Waals surface area contributed by atoms with Crippen LogP contribution in [0.3, 0.4) is 0 Å². The summed E-state index contributed by atoms with van der Waals surface area (Å²) in [5, 5.41) is 19.7. The van der Waals surface area contributed by atoms with Crippen LogP contribution in [0.5, 0.6) is 0 Å². The highest BCUT2D eigenvalue weighted by molar-refractivity contribution is 5.96. The van der Waals surface area contributed by atoms with Gasteiger partial charge >= 0.3 is 12.0 Å². The number of rotatable bonds is 7. The fourth-order valence-corrected chi connectivity index (χ4v) is 1.62. The smallest absolute Gasteiger partial charge is 0.324 e. The van der Waals surface area contributed by atoms with Crippen LogP contribution in [0.4, 0.5) is 4.79 Å². The highest BCUT2D eigenvalue weighted by Gasteiger charge is 2.31. The Balaban J connectivity index is 4.64. The zero-order valence-corrected chi connectivity index (χ0v) is 13.0. The van der Waals surface area contributed by atoms with Gasteiger partial charge in [0.2, 0.25) is 5.91 Å². The minimum absolute atomic E-state index is 0.176. The molecule has 0 unspecified atom stereocenters. The molecule has 21 heavy (non-hydrogen) atoms. The molecule has 0 spiro atoms. The first-order valence-electron chi connectivity index (χ1n) is 6.79. The molecule has 0 aromatic rings. The Labute approximate surface area is 124 Å². The predicted molar refractivity (Wildman–Crippen MR) is 76.2 cm³/mol. The van der Waals surface area contributed by atoms with E-state index < -0.39 is 23.3 Å². The second-order valence-electron chi connectivity index (χ2n) is 5.97. The van der Waals surface area contributed by atoms with Crippen LogP contribution >= 0.6 is 0 Å². The van der Waals surface area contributed by atoms with Crippen LogP contribution in [0.2, 0.25) is 0 Å². The van der Waals surface area contributed by atoms with E-state index in [2.05, 4.69) is 5.32 Å². The zero-order valence-electron chi connectivity index (χ0n) is 13.0. The number of carbonyl (C=O) groups is 3. The molecule has 0 aliphatic rings. The van der Waals surface area contributed by atoms with Crippen LogP contribution in [0, 0.1) is 22.7 Å². The van der Waals surface area contributed by atoms with Crippen molar-refractivity contribution in [1.82, 2.24) is 10.2 Å². The van der Waals surface area contributed by atoms with Crippen molar-refractivity contribution in [2.45, 2.75) is 40.5 Å². The standard InChI is InChI=1S/C14H23N3O4/c1-10(2)9-17(7-5-6-15)13(21)16-11(18)8-14(3,4)12(19)20/h10H,5,7-9H2,1-4H3,(H,19,20)(H,16,18,21). The summed E-state index contributed by atoms with van der Waals surface area (Å²) in [6.07, 6.45) is -0.114. The van der Waals surface area contributed by atoms with E-state index in [9.17, 15) is 14.4 Å². The molecule has 0 aliphatic heterocycles. The van der Waals surface area contributed by atoms with E-state index in [-0.39, 0.29) is 25.3 Å². The molecule has 0 saturated carbocycles. The molecule has 0 atom stereocenters. The summed E-state index contributed by atoms with van der Waals surface area (Å²) < 4.78 is 0. The van der Waals surface area contributed by atoms with Gasteiger partial charge in [0.15, 0.2) is 0 Å². The van der Waals surface area contributed by atoms with Gasteiger partial charge in [0.1, 0.15) is 0 Å². The van der Waals surface area contributed by atoms with E-state index in [1.54, 1.807) is 0 Å². The number of amides is 3. The second-order valence-corrected chi connectivity index (χ2v) is 5.97. The molecule has 0 aromatic carbocycles. The molecular formula is C14H23N3O4. The first-order chi connectivity index (χ1) is 9.60. The van der Waals surface area contributed by atoms with Crippen LogP contribution in [-0.4, -0.2) is 41.0 Å². The molecule has 7 heteroatoms. The fourth-order valence-electron chi connectivity index (χ4n) is 1.62. The largest absolute Gasteiger partial charge is 0.481 e. The maximum absolute atomic E-state index is 12.0. The van der Waals surface area contributed by atoms with Crippen molar-refractivity contribution >= 4 is 17.9 Å². The molecule has 0 fully saturated rings. The number of carboxylic acid groups (broad SMARTS) is 1. The van der Waals surface area contributed by atoms with Gasteiger partial charge in [-0.05, 0) is 19.8 Å². The highest BCUT2D eigenvalue weighted by atomic mass is 16.4. The summed E-state index contributed by atoms with van der Waals surface area (Å²) in [6.45, 7) is 7.32. The number of imide groups is 1. The second kappa shape index (κ2) is 8.25. The van der Waals surface area contributed by atoms with Gasteiger partial charge in [0.05, 0.1) is 17.9 Å². The number of hydrogen-bond acceptors (Lipinski definition) is 4. The van der Waals surface area contributed by atoms with Gasteiger partial charge in [-0.3, -0.25) is 14.9 Å². The fraction of sp³-hybridized carbons (Fsp3) is 0.714. The van der Waals surface area contributed by atoms with Crippen molar-refractivity contribution in [2.24, 2.45) is 11.3 Å². The zero-order chi connectivity index (χ0) is 16.6. The quantitative estimate of drug-likeness (QED) is 0.741. The topological polar surface area (TPSA) is 111 Å². The number of carboxylic acids is 1. The van der Waals surface area contributed by atoms with Crippen molar-refractivity contribution in [1.29, 1.82) is 5.26 Å². The van der Waals surface area contributed by atoms with Gasteiger partial charge in [0.25, 0.3) is 0 Å². The Kier molecular flexibility index (Phi) is 7.42. The summed E-state index contributed by atoms with van der Waals surface area (Å²) in [5.74, 6) is -1.55. The maximum Gasteiger partial charge on any atom is 0.324 e. The molecule has 2 N–H and O–H groups in total. The van der Waals surface area contributed by atoms with E-state index in [0.29, 0.717) is 6.54 Å². The minimum Gasteiger partial charge on any atom is -0.481 e. The third-order valence-electron chi connectivity index (χ3n) is 2.79. The van der Waals surface area contributed by atoms with E-state index >= 15 is 0 Å². The molecule has 118 valence electrons. The van der Waals surface area contributed by atoms with Crippen LogP contribution in [-0.2, 0) is 9.59 Å². The third-order valence-corrected chi connectivity index (χ3v) is 2.79. The van der Waals surface area contributed by atoms with Crippen molar-refractivity contribution < 1.29 is 19.5 Å². The molecule has 0 radical (unpaired) electrons. The summed E-state index contributed by atoms with van der Waals surface area (Å²) >= 11 is 0. The lowest BCUT2D eigenvalue weighted by atomic mass is 9.89. The Bertz CT molecular complexity index is 438. The highest BCUT2D eigenvalue weighted by Crippen LogP contribution is 2.20. The van der Waals surface area contributed by atoms with Gasteiger partial charge in [-0.25, -0.2) is 4.79 Å². The van der Waals surface area contributed by atoms with Gasteiger partial charge in [0, 0.05) is 19.5 Å². The van der Waals surface area contributed by atoms with Crippen LogP contribution in [0.25, 0.3) is 0 Å². The van der Waals surface area contributed by atoms with Gasteiger partial charge in [-0.1, -0.05) is 13.8 Å². The number of nitriles is 1. The van der Waals surface area contributed by atoms with E-state index in [1.165, 1.54) is 18.7 Å². The number of aliphatic carboxylic acids is 1. The number of urea groups is 1. The molecule has 0 bridgehead atoms. The summed E-state index contributed by atoms with van der Waals surface area (Å²) in [6, 6.07) is 1.36. The van der Waals surface area contributed by atoms with Crippen molar-refractivity contribution in [3.8, 4) is 6.07 Å². The van der Waals surface area contributed by atoms with Crippen molar-refractivity contribution in [3.63, 3.8) is 0 Å². The van der Waals surface area contributed by atoms with E-state index in [0.717, 1.165) is 0 Å². The van der Waals surface area contributed by atoms with Gasteiger partial charge in [-0.2, -0.15) is 5.26 Å². The SMILES string of the molecule is CC(C)CN(CCC#N)C(=O)NC(=O)CC(C)(C)C(=O)O. The lowest BCUT2D eigenvalue weighted by Crippen LogP contribution is -2.46. The third kappa shape index (κ3) is 7.30. The van der Waals surface area contributed by atoms with Crippen molar-refractivity contribution in [3.05, 3.63) is 0 Å². The number of nitrogens with one attached hydrogen (secondary N) is 1. The Hall–Kier alpha value is -2.10. The summed E-state index contributed by atoms with van der Waals surface area (Å²) in [7, 11) is 0. The first-order valence-corrected chi connectivity index (χ1v) is 6.79. The Morgan fingerprint density at radius 1 is 1.33 bits per heavy atom. The molecule has 0 saturated heterocycles.